The van der Waals surface area contributed by atoms with Crippen LogP contribution in [0.25, 0.3) is 12.2 Å². The molecule has 100 valence electrons. The quantitative estimate of drug-likeness (QED) is 0.459. The summed E-state index contributed by atoms with van der Waals surface area (Å²) >= 11 is 0. The van der Waals surface area contributed by atoms with Gasteiger partial charge in [-0.25, -0.2) is 4.79 Å². The van der Waals surface area contributed by atoms with E-state index >= 15 is 0 Å². The molecule has 0 saturated heterocycles. The average molecular weight is 264 g/mol. The fourth-order valence-electron chi connectivity index (χ4n) is 1.74. The van der Waals surface area contributed by atoms with Crippen LogP contribution in [0.2, 0.25) is 0 Å². The Morgan fingerprint density at radius 3 is 2.45 bits per heavy atom. The smallest absolute Gasteiger partial charge is 0.338 e. The van der Waals surface area contributed by atoms with Crippen molar-refractivity contribution in [1.82, 2.24) is 0 Å². The molecular weight excluding hydrogens is 248 g/mol. The van der Waals surface area contributed by atoms with E-state index in [0.29, 0.717) is 5.56 Å². The van der Waals surface area contributed by atoms with Gasteiger partial charge >= 0.3 is 5.97 Å². The van der Waals surface area contributed by atoms with Crippen molar-refractivity contribution >= 4 is 18.1 Å². The van der Waals surface area contributed by atoms with Crippen LogP contribution < -0.4 is 0 Å². The maximum atomic E-state index is 11.7. The molecule has 0 aliphatic carbocycles. The lowest BCUT2D eigenvalue weighted by atomic mass is 10.1. The molecule has 2 aromatic carbocycles. The highest BCUT2D eigenvalue weighted by Gasteiger charge is 2.05. The van der Waals surface area contributed by atoms with Gasteiger partial charge in [0.25, 0.3) is 0 Å². The number of ether oxygens (including phenoxy) is 1. The third-order valence-electron chi connectivity index (χ3n) is 2.72. The summed E-state index contributed by atoms with van der Waals surface area (Å²) in [4.78, 5) is 11.7. The molecule has 0 amide bonds. The van der Waals surface area contributed by atoms with E-state index in [-0.39, 0.29) is 12.6 Å². The summed E-state index contributed by atoms with van der Waals surface area (Å²) in [6.45, 7) is 3.74. The third kappa shape index (κ3) is 3.95. The average Bonchev–Trinajstić information content (AvgIpc) is 2.52. The van der Waals surface area contributed by atoms with Gasteiger partial charge in [0, 0.05) is 0 Å². The van der Waals surface area contributed by atoms with Gasteiger partial charge in [-0.3, -0.25) is 0 Å². The molecule has 2 nitrogen and oxygen atoms in total. The van der Waals surface area contributed by atoms with Gasteiger partial charge in [0.1, 0.15) is 6.61 Å². The Bertz CT molecular complexity index is 612. The van der Waals surface area contributed by atoms with Crippen molar-refractivity contribution in [2.75, 3.05) is 6.61 Å². The van der Waals surface area contributed by atoms with E-state index in [1.807, 2.05) is 60.7 Å². The molecule has 0 fully saturated rings. The van der Waals surface area contributed by atoms with Crippen LogP contribution in [0, 0.1) is 0 Å². The number of rotatable bonds is 5. The predicted molar refractivity (Wildman–Crippen MR) is 82.3 cm³/mol. The first-order valence-electron chi connectivity index (χ1n) is 6.41. The van der Waals surface area contributed by atoms with Gasteiger partial charge in [0.15, 0.2) is 0 Å². The minimum absolute atomic E-state index is 0.225. The molecule has 0 heterocycles. The molecule has 2 aromatic rings. The van der Waals surface area contributed by atoms with E-state index in [1.54, 1.807) is 12.1 Å². The SMILES string of the molecule is C=CCOC(=O)c1cccc(/C=C/c2ccccc2)c1. The molecule has 0 aromatic heterocycles. The highest BCUT2D eigenvalue weighted by molar-refractivity contribution is 5.90. The van der Waals surface area contributed by atoms with Gasteiger partial charge in [0.05, 0.1) is 5.56 Å². The molecule has 2 heteroatoms. The van der Waals surface area contributed by atoms with Gasteiger partial charge in [-0.2, -0.15) is 0 Å². The van der Waals surface area contributed by atoms with Crippen molar-refractivity contribution in [2.45, 2.75) is 0 Å². The van der Waals surface area contributed by atoms with E-state index < -0.39 is 0 Å². The summed E-state index contributed by atoms with van der Waals surface area (Å²) in [6, 6.07) is 17.4. The Morgan fingerprint density at radius 1 is 1.00 bits per heavy atom. The Hall–Kier alpha value is -2.61. The third-order valence-corrected chi connectivity index (χ3v) is 2.72. The first-order valence-corrected chi connectivity index (χ1v) is 6.41. The van der Waals surface area contributed by atoms with Gasteiger partial charge in [0.2, 0.25) is 0 Å². The van der Waals surface area contributed by atoms with Crippen molar-refractivity contribution < 1.29 is 9.53 Å². The topological polar surface area (TPSA) is 26.3 Å². The zero-order valence-electron chi connectivity index (χ0n) is 11.2. The van der Waals surface area contributed by atoms with Crippen LogP contribution in [0.3, 0.4) is 0 Å². The Labute approximate surface area is 119 Å². The molecule has 2 rings (SSSR count). The lowest BCUT2D eigenvalue weighted by Gasteiger charge is -2.02. The van der Waals surface area contributed by atoms with E-state index in [4.69, 9.17) is 4.74 Å². The second-order valence-electron chi connectivity index (χ2n) is 4.26. The summed E-state index contributed by atoms with van der Waals surface area (Å²) in [5, 5.41) is 0. The Balaban J connectivity index is 2.12. The highest BCUT2D eigenvalue weighted by Crippen LogP contribution is 2.11. The molecule has 0 saturated carbocycles. The van der Waals surface area contributed by atoms with Crippen LogP contribution in [0.5, 0.6) is 0 Å². The molecule has 0 atom stereocenters. The van der Waals surface area contributed by atoms with Crippen LogP contribution in [0.1, 0.15) is 21.5 Å². The van der Waals surface area contributed by atoms with Crippen molar-refractivity contribution in [1.29, 1.82) is 0 Å². The molecule has 20 heavy (non-hydrogen) atoms. The Morgan fingerprint density at radius 2 is 1.70 bits per heavy atom. The van der Waals surface area contributed by atoms with Crippen molar-refractivity contribution in [3.63, 3.8) is 0 Å². The number of benzene rings is 2. The van der Waals surface area contributed by atoms with Gasteiger partial charge in [-0.15, -0.1) is 0 Å². The molecule has 0 aliphatic rings. The maximum Gasteiger partial charge on any atom is 0.338 e. The minimum Gasteiger partial charge on any atom is -0.458 e. The number of carbonyl (C=O) groups excluding carboxylic acids is 1. The van der Waals surface area contributed by atoms with Gasteiger partial charge < -0.3 is 4.74 Å². The summed E-state index contributed by atoms with van der Waals surface area (Å²) < 4.78 is 5.01. The fourth-order valence-corrected chi connectivity index (χ4v) is 1.74. The largest absolute Gasteiger partial charge is 0.458 e. The molecular formula is C18H16O2. The number of esters is 1. The van der Waals surface area contributed by atoms with E-state index in [2.05, 4.69) is 6.58 Å². The van der Waals surface area contributed by atoms with Gasteiger partial charge in [-0.05, 0) is 23.3 Å². The summed E-state index contributed by atoms with van der Waals surface area (Å²) in [7, 11) is 0. The highest BCUT2D eigenvalue weighted by atomic mass is 16.5. The van der Waals surface area contributed by atoms with Crippen LogP contribution in [0.15, 0.2) is 67.3 Å². The first-order chi connectivity index (χ1) is 9.79. The fraction of sp³-hybridized carbons (Fsp3) is 0.0556. The molecule has 0 aliphatic heterocycles. The van der Waals surface area contributed by atoms with Crippen molar-refractivity contribution in [2.24, 2.45) is 0 Å². The second kappa shape index (κ2) is 7.10. The summed E-state index contributed by atoms with van der Waals surface area (Å²) in [5.41, 5.74) is 2.62. The Kier molecular flexibility index (Phi) is 4.90. The van der Waals surface area contributed by atoms with E-state index in [9.17, 15) is 4.79 Å². The normalized spacial score (nSPS) is 10.4. The van der Waals surface area contributed by atoms with Crippen LogP contribution in [-0.4, -0.2) is 12.6 Å². The molecule has 0 N–H and O–H groups in total. The predicted octanol–water partition coefficient (Wildman–Crippen LogP) is 4.20. The van der Waals surface area contributed by atoms with Crippen LogP contribution >= 0.6 is 0 Å². The molecule has 0 unspecified atom stereocenters. The lowest BCUT2D eigenvalue weighted by molar-refractivity contribution is 0.0549. The standard InChI is InChI=1S/C18H16O2/c1-2-13-20-18(19)17-10-6-9-16(14-17)12-11-15-7-4-3-5-8-15/h2-12,14H,1,13H2/b12-11+. The minimum atomic E-state index is -0.333. The van der Waals surface area contributed by atoms with Gasteiger partial charge in [-0.1, -0.05) is 67.3 Å². The monoisotopic (exact) mass is 264 g/mol. The zero-order chi connectivity index (χ0) is 14.2. The zero-order valence-corrected chi connectivity index (χ0v) is 11.2. The van der Waals surface area contributed by atoms with E-state index in [1.165, 1.54) is 0 Å². The first kappa shape index (κ1) is 13.8. The maximum absolute atomic E-state index is 11.7. The van der Waals surface area contributed by atoms with Crippen molar-refractivity contribution in [3.05, 3.63) is 83.9 Å². The number of carbonyl (C=O) groups is 1. The van der Waals surface area contributed by atoms with Crippen LogP contribution in [0.4, 0.5) is 0 Å². The summed E-state index contributed by atoms with van der Waals surface area (Å²) in [5.74, 6) is -0.333. The molecule has 0 radical (unpaired) electrons. The van der Waals surface area contributed by atoms with Crippen LogP contribution in [-0.2, 0) is 4.74 Å². The number of hydrogen-bond acceptors (Lipinski definition) is 2. The second-order valence-corrected chi connectivity index (χ2v) is 4.26. The molecule has 0 spiro atoms. The van der Waals surface area contributed by atoms with Crippen molar-refractivity contribution in [3.8, 4) is 0 Å². The number of hydrogen-bond donors (Lipinski definition) is 0. The van der Waals surface area contributed by atoms with E-state index in [0.717, 1.165) is 11.1 Å². The lowest BCUT2D eigenvalue weighted by Crippen LogP contribution is -2.04. The molecule has 0 bridgehead atoms. The summed E-state index contributed by atoms with van der Waals surface area (Å²) in [6.07, 6.45) is 5.53.